The molecule has 3 rings (SSSR count). The molecule has 0 spiro atoms. The average Bonchev–Trinajstić information content (AvgIpc) is 2.86. The smallest absolute Gasteiger partial charge is 0.112 e. The Labute approximate surface area is 98.5 Å². The fourth-order valence-electron chi connectivity index (χ4n) is 3.05. The molecule has 0 radical (unpaired) electrons. The standard InChI is InChI=1S/C13H18NOP/c1-13(11-7-4-3-5-8-11)12-9-6-10-14(12)16(2)15-13/h3-5,7-8,12H,6,9-10H2,1-2H3/t12-,13+,16-/m1/s1. The van der Waals surface area contributed by atoms with Crippen LogP contribution in [0.1, 0.15) is 25.3 Å². The highest BCUT2D eigenvalue weighted by atomic mass is 31.2. The zero-order valence-electron chi connectivity index (χ0n) is 9.89. The summed E-state index contributed by atoms with van der Waals surface area (Å²) in [6.45, 7) is 5.72. The van der Waals surface area contributed by atoms with Gasteiger partial charge in [0.2, 0.25) is 0 Å². The number of hydrogen-bond donors (Lipinski definition) is 0. The van der Waals surface area contributed by atoms with Crippen LogP contribution in [0, 0.1) is 0 Å². The highest BCUT2D eigenvalue weighted by Gasteiger charge is 2.51. The zero-order chi connectivity index (χ0) is 11.2. The molecule has 1 aromatic carbocycles. The Kier molecular flexibility index (Phi) is 2.54. The van der Waals surface area contributed by atoms with Crippen molar-refractivity contribution in [2.45, 2.75) is 31.4 Å². The molecule has 0 saturated carbocycles. The Morgan fingerprint density at radius 3 is 2.88 bits per heavy atom. The van der Waals surface area contributed by atoms with Gasteiger partial charge in [-0.15, -0.1) is 0 Å². The van der Waals surface area contributed by atoms with Gasteiger partial charge in [0.25, 0.3) is 0 Å². The minimum atomic E-state index is -0.384. The topological polar surface area (TPSA) is 12.5 Å². The molecule has 3 heteroatoms. The van der Waals surface area contributed by atoms with E-state index in [2.05, 4.69) is 48.6 Å². The second-order valence-electron chi connectivity index (χ2n) is 4.85. The summed E-state index contributed by atoms with van der Waals surface area (Å²) in [4.78, 5) is 0. The van der Waals surface area contributed by atoms with Gasteiger partial charge in [0.1, 0.15) is 13.9 Å². The van der Waals surface area contributed by atoms with E-state index in [9.17, 15) is 0 Å². The molecule has 0 N–H and O–H groups in total. The lowest BCUT2D eigenvalue weighted by Gasteiger charge is -2.29. The summed E-state index contributed by atoms with van der Waals surface area (Å²) >= 11 is 0. The van der Waals surface area contributed by atoms with Crippen LogP contribution in [0.25, 0.3) is 0 Å². The Hall–Kier alpha value is -0.430. The number of hydrogen-bond acceptors (Lipinski definition) is 2. The number of nitrogens with zero attached hydrogens (tertiary/aromatic N) is 1. The van der Waals surface area contributed by atoms with Gasteiger partial charge in [-0.3, -0.25) is 4.67 Å². The van der Waals surface area contributed by atoms with Crippen molar-refractivity contribution in [3.63, 3.8) is 0 Å². The maximum atomic E-state index is 6.29. The van der Waals surface area contributed by atoms with Crippen molar-refractivity contribution in [3.05, 3.63) is 35.9 Å². The van der Waals surface area contributed by atoms with Crippen LogP contribution in [-0.4, -0.2) is 23.9 Å². The fraction of sp³-hybridized carbons (Fsp3) is 0.538. The summed E-state index contributed by atoms with van der Waals surface area (Å²) in [7, 11) is -0.384. The molecule has 2 aliphatic heterocycles. The van der Waals surface area contributed by atoms with Crippen LogP contribution < -0.4 is 0 Å². The summed E-state index contributed by atoms with van der Waals surface area (Å²) < 4.78 is 8.86. The monoisotopic (exact) mass is 235 g/mol. The third-order valence-corrected chi connectivity index (χ3v) is 5.74. The fourth-order valence-corrected chi connectivity index (χ4v) is 5.08. The number of rotatable bonds is 1. The summed E-state index contributed by atoms with van der Waals surface area (Å²) in [5.74, 6) is 0. The van der Waals surface area contributed by atoms with E-state index in [4.69, 9.17) is 4.52 Å². The van der Waals surface area contributed by atoms with Crippen LogP contribution in [0.2, 0.25) is 0 Å². The second-order valence-corrected chi connectivity index (χ2v) is 6.47. The lowest BCUT2D eigenvalue weighted by molar-refractivity contribution is 0.0888. The van der Waals surface area contributed by atoms with Crippen LogP contribution in [0.5, 0.6) is 0 Å². The molecule has 3 atom stereocenters. The summed E-state index contributed by atoms with van der Waals surface area (Å²) in [5.41, 5.74) is 1.25. The predicted molar refractivity (Wildman–Crippen MR) is 67.5 cm³/mol. The molecule has 0 aliphatic carbocycles. The molecule has 0 bridgehead atoms. The molecule has 2 nitrogen and oxygen atoms in total. The van der Waals surface area contributed by atoms with Gasteiger partial charge >= 0.3 is 0 Å². The van der Waals surface area contributed by atoms with Gasteiger partial charge in [-0.2, -0.15) is 0 Å². The highest BCUT2D eigenvalue weighted by Crippen LogP contribution is 2.60. The van der Waals surface area contributed by atoms with E-state index in [1.165, 1.54) is 24.9 Å². The van der Waals surface area contributed by atoms with E-state index < -0.39 is 0 Å². The molecule has 0 aromatic heterocycles. The van der Waals surface area contributed by atoms with Gasteiger partial charge in [0.05, 0.1) is 0 Å². The van der Waals surface area contributed by atoms with Gasteiger partial charge < -0.3 is 4.52 Å². The quantitative estimate of drug-likeness (QED) is 0.692. The predicted octanol–water partition coefficient (Wildman–Crippen LogP) is 3.34. The summed E-state index contributed by atoms with van der Waals surface area (Å²) in [5, 5.41) is 0. The first kappa shape index (κ1) is 10.7. The van der Waals surface area contributed by atoms with E-state index >= 15 is 0 Å². The first-order valence-corrected chi connectivity index (χ1v) is 7.63. The van der Waals surface area contributed by atoms with Gasteiger partial charge in [-0.25, -0.2) is 0 Å². The van der Waals surface area contributed by atoms with E-state index in [-0.39, 0.29) is 13.9 Å². The molecular formula is C13H18NOP. The van der Waals surface area contributed by atoms with Crippen LogP contribution in [0.3, 0.4) is 0 Å². The number of fused-ring (bicyclic) bond motifs is 1. The van der Waals surface area contributed by atoms with Crippen molar-refractivity contribution in [1.82, 2.24) is 4.67 Å². The van der Waals surface area contributed by atoms with E-state index in [1.807, 2.05) is 0 Å². The molecule has 0 unspecified atom stereocenters. The van der Waals surface area contributed by atoms with Crippen molar-refractivity contribution in [2.24, 2.45) is 0 Å². The molecule has 86 valence electrons. The Morgan fingerprint density at radius 1 is 1.38 bits per heavy atom. The largest absolute Gasteiger partial charge is 0.331 e. The SMILES string of the molecule is C[P@@]1O[C@@](C)(c2ccccc2)[C@H]2CCCN21. The van der Waals surface area contributed by atoms with Crippen molar-refractivity contribution < 1.29 is 4.52 Å². The molecular weight excluding hydrogens is 217 g/mol. The molecule has 2 aliphatic rings. The maximum absolute atomic E-state index is 6.29. The lowest BCUT2D eigenvalue weighted by Crippen LogP contribution is -2.36. The Balaban J connectivity index is 1.99. The molecule has 2 heterocycles. The lowest BCUT2D eigenvalue weighted by atomic mass is 9.87. The van der Waals surface area contributed by atoms with Crippen molar-refractivity contribution in [2.75, 3.05) is 13.2 Å². The molecule has 16 heavy (non-hydrogen) atoms. The van der Waals surface area contributed by atoms with Crippen LogP contribution in [-0.2, 0) is 10.1 Å². The summed E-state index contributed by atoms with van der Waals surface area (Å²) in [6, 6.07) is 11.3. The van der Waals surface area contributed by atoms with Gasteiger partial charge in [0, 0.05) is 12.6 Å². The molecule has 2 fully saturated rings. The van der Waals surface area contributed by atoms with Crippen LogP contribution in [0.4, 0.5) is 0 Å². The van der Waals surface area contributed by atoms with E-state index in [0.29, 0.717) is 6.04 Å². The molecule has 1 aromatic rings. The Bertz CT molecular complexity index is 383. The van der Waals surface area contributed by atoms with Crippen molar-refractivity contribution in [3.8, 4) is 0 Å². The minimum absolute atomic E-state index is 0.0851. The van der Waals surface area contributed by atoms with Crippen molar-refractivity contribution >= 4 is 8.30 Å². The minimum Gasteiger partial charge on any atom is -0.331 e. The third kappa shape index (κ3) is 1.44. The highest BCUT2D eigenvalue weighted by molar-refractivity contribution is 7.49. The summed E-state index contributed by atoms with van der Waals surface area (Å²) in [6.07, 6.45) is 2.60. The van der Waals surface area contributed by atoms with Gasteiger partial charge in [-0.1, -0.05) is 30.3 Å². The van der Waals surface area contributed by atoms with Gasteiger partial charge in [-0.05, 0) is 32.0 Å². The van der Waals surface area contributed by atoms with Crippen LogP contribution >= 0.6 is 8.30 Å². The Morgan fingerprint density at radius 2 is 2.12 bits per heavy atom. The van der Waals surface area contributed by atoms with E-state index in [1.54, 1.807) is 0 Å². The second kappa shape index (κ2) is 3.80. The normalized spacial score (nSPS) is 38.9. The van der Waals surface area contributed by atoms with Crippen molar-refractivity contribution in [1.29, 1.82) is 0 Å². The van der Waals surface area contributed by atoms with E-state index in [0.717, 1.165) is 0 Å². The molecule has 0 amide bonds. The van der Waals surface area contributed by atoms with Crippen LogP contribution in [0.15, 0.2) is 30.3 Å². The maximum Gasteiger partial charge on any atom is 0.112 e. The average molecular weight is 235 g/mol. The number of benzene rings is 1. The first-order chi connectivity index (χ1) is 7.72. The first-order valence-electron chi connectivity index (χ1n) is 5.97. The molecule has 2 saturated heterocycles. The third-order valence-electron chi connectivity index (χ3n) is 3.89. The zero-order valence-corrected chi connectivity index (χ0v) is 10.8. The van der Waals surface area contributed by atoms with Gasteiger partial charge in [0.15, 0.2) is 0 Å².